The van der Waals surface area contributed by atoms with Crippen molar-refractivity contribution < 1.29 is 9.13 Å². The molecule has 0 fully saturated rings. The van der Waals surface area contributed by atoms with Crippen LogP contribution in [0.1, 0.15) is 63.9 Å². The van der Waals surface area contributed by atoms with Gasteiger partial charge in [-0.3, -0.25) is 0 Å². The summed E-state index contributed by atoms with van der Waals surface area (Å²) in [7, 11) is 0. The summed E-state index contributed by atoms with van der Waals surface area (Å²) in [6.45, 7) is 3.46. The van der Waals surface area contributed by atoms with Crippen LogP contribution in [-0.2, 0) is 6.42 Å². The lowest BCUT2D eigenvalue weighted by Crippen LogP contribution is -2.06. The number of halogens is 1. The van der Waals surface area contributed by atoms with E-state index in [4.69, 9.17) is 10.5 Å². The van der Waals surface area contributed by atoms with Crippen LogP contribution in [0.5, 0.6) is 5.75 Å². The second-order valence-corrected chi connectivity index (χ2v) is 5.61. The largest absolute Gasteiger partial charge is 0.493 e. The molecule has 0 spiro atoms. The first-order valence-corrected chi connectivity index (χ1v) is 8.39. The molecule has 0 amide bonds. The normalized spacial score (nSPS) is 10.8. The third-order valence-corrected chi connectivity index (χ3v) is 3.69. The maximum absolute atomic E-state index is 13.2. The van der Waals surface area contributed by atoms with Crippen molar-refractivity contribution in [2.24, 2.45) is 5.73 Å². The van der Waals surface area contributed by atoms with Gasteiger partial charge in [0.25, 0.3) is 0 Å². The molecule has 0 unspecified atom stereocenters. The monoisotopic (exact) mass is 295 g/mol. The topological polar surface area (TPSA) is 35.2 Å². The van der Waals surface area contributed by atoms with Crippen molar-refractivity contribution in [3.8, 4) is 5.75 Å². The van der Waals surface area contributed by atoms with Crippen LogP contribution in [0.25, 0.3) is 0 Å². The van der Waals surface area contributed by atoms with Crippen molar-refractivity contribution in [3.63, 3.8) is 0 Å². The lowest BCUT2D eigenvalue weighted by molar-refractivity contribution is 0.301. The second-order valence-electron chi connectivity index (χ2n) is 5.61. The molecule has 1 aromatic carbocycles. The van der Waals surface area contributed by atoms with Gasteiger partial charge in [-0.2, -0.15) is 0 Å². The molecule has 0 heterocycles. The summed E-state index contributed by atoms with van der Waals surface area (Å²) in [6.07, 6.45) is 10.9. The Kier molecular flexibility index (Phi) is 9.88. The zero-order chi connectivity index (χ0) is 15.3. The molecule has 1 rings (SSSR count). The SMILES string of the molecule is CCCCCCCCCCOc1ccc(F)cc1CCN. The average molecular weight is 295 g/mol. The highest BCUT2D eigenvalue weighted by molar-refractivity contribution is 5.34. The summed E-state index contributed by atoms with van der Waals surface area (Å²) in [4.78, 5) is 0. The molecule has 2 nitrogen and oxygen atoms in total. The van der Waals surface area contributed by atoms with E-state index in [-0.39, 0.29) is 5.82 Å². The number of hydrogen-bond acceptors (Lipinski definition) is 2. The fourth-order valence-corrected chi connectivity index (χ4v) is 2.46. The van der Waals surface area contributed by atoms with Gasteiger partial charge in [-0.25, -0.2) is 4.39 Å². The Hall–Kier alpha value is -1.09. The van der Waals surface area contributed by atoms with Crippen molar-refractivity contribution in [3.05, 3.63) is 29.6 Å². The molecular formula is C18H30FNO. The molecule has 0 atom stereocenters. The van der Waals surface area contributed by atoms with Crippen LogP contribution in [0.2, 0.25) is 0 Å². The van der Waals surface area contributed by atoms with Crippen LogP contribution < -0.4 is 10.5 Å². The molecule has 2 N–H and O–H groups in total. The Bertz CT molecular complexity index is 381. The van der Waals surface area contributed by atoms with Crippen LogP contribution in [0.15, 0.2) is 18.2 Å². The Labute approximate surface area is 128 Å². The average Bonchev–Trinajstić information content (AvgIpc) is 2.48. The Morgan fingerprint density at radius 3 is 2.33 bits per heavy atom. The van der Waals surface area contributed by atoms with Crippen molar-refractivity contribution >= 4 is 0 Å². The van der Waals surface area contributed by atoms with Gasteiger partial charge in [-0.15, -0.1) is 0 Å². The van der Waals surface area contributed by atoms with Gasteiger partial charge in [0.05, 0.1) is 6.61 Å². The maximum atomic E-state index is 13.2. The summed E-state index contributed by atoms with van der Waals surface area (Å²) in [6, 6.07) is 4.68. The molecule has 0 bridgehead atoms. The minimum Gasteiger partial charge on any atom is -0.493 e. The van der Waals surface area contributed by atoms with E-state index in [1.807, 2.05) is 0 Å². The van der Waals surface area contributed by atoms with Crippen molar-refractivity contribution in [2.45, 2.75) is 64.7 Å². The lowest BCUT2D eigenvalue weighted by atomic mass is 10.1. The summed E-state index contributed by atoms with van der Waals surface area (Å²) in [5.41, 5.74) is 6.42. The summed E-state index contributed by atoms with van der Waals surface area (Å²) in [5.74, 6) is 0.558. The molecule has 0 radical (unpaired) electrons. The molecule has 0 saturated carbocycles. The number of rotatable bonds is 12. The molecule has 21 heavy (non-hydrogen) atoms. The molecular weight excluding hydrogens is 265 g/mol. The van der Waals surface area contributed by atoms with Crippen LogP contribution >= 0.6 is 0 Å². The first-order chi connectivity index (χ1) is 10.3. The highest BCUT2D eigenvalue weighted by atomic mass is 19.1. The van der Waals surface area contributed by atoms with E-state index in [0.29, 0.717) is 19.6 Å². The van der Waals surface area contributed by atoms with E-state index in [9.17, 15) is 4.39 Å². The van der Waals surface area contributed by atoms with Crippen LogP contribution in [0, 0.1) is 5.82 Å². The number of unbranched alkanes of at least 4 members (excludes halogenated alkanes) is 7. The van der Waals surface area contributed by atoms with Gasteiger partial charge < -0.3 is 10.5 Å². The molecule has 0 aliphatic rings. The van der Waals surface area contributed by atoms with Crippen LogP contribution in [0.4, 0.5) is 4.39 Å². The predicted molar refractivity (Wildman–Crippen MR) is 87.3 cm³/mol. The molecule has 3 heteroatoms. The zero-order valence-corrected chi connectivity index (χ0v) is 13.4. The highest BCUT2D eigenvalue weighted by Gasteiger charge is 2.04. The molecule has 0 aromatic heterocycles. The lowest BCUT2D eigenvalue weighted by Gasteiger charge is -2.11. The third-order valence-electron chi connectivity index (χ3n) is 3.69. The summed E-state index contributed by atoms with van der Waals surface area (Å²) < 4.78 is 19.0. The first-order valence-electron chi connectivity index (χ1n) is 8.39. The second kappa shape index (κ2) is 11.6. The van der Waals surface area contributed by atoms with E-state index in [1.165, 1.54) is 57.1 Å². The Morgan fingerprint density at radius 2 is 1.67 bits per heavy atom. The summed E-state index contributed by atoms with van der Waals surface area (Å²) >= 11 is 0. The minimum absolute atomic E-state index is 0.224. The van der Waals surface area contributed by atoms with Gasteiger partial charge in [0.2, 0.25) is 0 Å². The number of benzene rings is 1. The maximum Gasteiger partial charge on any atom is 0.123 e. The van der Waals surface area contributed by atoms with Crippen molar-refractivity contribution in [1.29, 1.82) is 0 Å². The molecule has 1 aromatic rings. The standard InChI is InChI=1S/C18H30FNO/c1-2-3-4-5-6-7-8-9-14-21-18-11-10-17(19)15-16(18)12-13-20/h10-11,15H,2-9,12-14,20H2,1H3. The Morgan fingerprint density at radius 1 is 1.00 bits per heavy atom. The van der Waals surface area contributed by atoms with E-state index < -0.39 is 0 Å². The fraction of sp³-hybridized carbons (Fsp3) is 0.667. The zero-order valence-electron chi connectivity index (χ0n) is 13.4. The van der Waals surface area contributed by atoms with Gasteiger partial charge in [0.1, 0.15) is 11.6 Å². The van der Waals surface area contributed by atoms with E-state index in [0.717, 1.165) is 17.7 Å². The van der Waals surface area contributed by atoms with Crippen molar-refractivity contribution in [1.82, 2.24) is 0 Å². The number of hydrogen-bond donors (Lipinski definition) is 1. The molecule has 0 aliphatic heterocycles. The quantitative estimate of drug-likeness (QED) is 0.560. The van der Waals surface area contributed by atoms with E-state index in [2.05, 4.69) is 6.92 Å². The first kappa shape index (κ1) is 18.0. The number of nitrogens with two attached hydrogens (primary N) is 1. The minimum atomic E-state index is -0.224. The van der Waals surface area contributed by atoms with Crippen molar-refractivity contribution in [2.75, 3.05) is 13.2 Å². The van der Waals surface area contributed by atoms with Gasteiger partial charge in [0.15, 0.2) is 0 Å². The smallest absolute Gasteiger partial charge is 0.123 e. The molecule has 0 aliphatic carbocycles. The van der Waals surface area contributed by atoms with Gasteiger partial charge in [-0.1, -0.05) is 51.9 Å². The summed E-state index contributed by atoms with van der Waals surface area (Å²) in [5, 5.41) is 0. The molecule has 120 valence electrons. The van der Waals surface area contributed by atoms with Crippen LogP contribution in [-0.4, -0.2) is 13.2 Å². The van der Waals surface area contributed by atoms with E-state index in [1.54, 1.807) is 6.07 Å². The van der Waals surface area contributed by atoms with Gasteiger partial charge >= 0.3 is 0 Å². The van der Waals surface area contributed by atoms with Gasteiger partial charge in [0, 0.05) is 0 Å². The third kappa shape index (κ3) is 8.05. The predicted octanol–water partition coefficient (Wildman–Crippen LogP) is 4.85. The van der Waals surface area contributed by atoms with E-state index >= 15 is 0 Å². The molecule has 0 saturated heterocycles. The fourth-order valence-electron chi connectivity index (χ4n) is 2.46. The number of ether oxygens (including phenoxy) is 1. The van der Waals surface area contributed by atoms with Crippen LogP contribution in [0.3, 0.4) is 0 Å². The Balaban J connectivity index is 2.15. The van der Waals surface area contributed by atoms with Gasteiger partial charge in [-0.05, 0) is 43.1 Å². The highest BCUT2D eigenvalue weighted by Crippen LogP contribution is 2.20.